The molecule has 0 aromatic heterocycles. The summed E-state index contributed by atoms with van der Waals surface area (Å²) in [5, 5.41) is 2.24. The lowest BCUT2D eigenvalue weighted by Crippen LogP contribution is -2.38. The molecule has 3 aromatic rings. The van der Waals surface area contributed by atoms with E-state index in [0.717, 1.165) is 16.4 Å². The minimum Gasteiger partial charge on any atom is -0.493 e. The summed E-state index contributed by atoms with van der Waals surface area (Å²) in [5.41, 5.74) is 0.410. The molecule has 0 aliphatic rings. The van der Waals surface area contributed by atoms with Crippen LogP contribution in [0.25, 0.3) is 0 Å². The van der Waals surface area contributed by atoms with Crippen LogP contribution in [-0.2, 0) is 19.6 Å². The molecule has 0 saturated carbocycles. The number of sulfonamides is 1. The molecule has 0 bridgehead atoms. The first-order valence-electron chi connectivity index (χ1n) is 10.9. The molecule has 0 fully saturated rings. The summed E-state index contributed by atoms with van der Waals surface area (Å²) in [7, 11) is -1.62. The second-order valence-electron chi connectivity index (χ2n) is 7.48. The Morgan fingerprint density at radius 1 is 1.00 bits per heavy atom. The number of ether oxygens (including phenoxy) is 3. The highest BCUT2D eigenvalue weighted by Gasteiger charge is 2.29. The maximum atomic E-state index is 13.8. The third-order valence-corrected chi connectivity index (χ3v) is 7.14. The third kappa shape index (κ3) is 6.49. The average Bonchev–Trinajstić information content (AvgIpc) is 2.88. The van der Waals surface area contributed by atoms with Gasteiger partial charge < -0.3 is 19.5 Å². The van der Waals surface area contributed by atoms with Gasteiger partial charge in [-0.2, -0.15) is 0 Å². The fourth-order valence-electron chi connectivity index (χ4n) is 3.33. The lowest BCUT2D eigenvalue weighted by atomic mass is 10.2. The Morgan fingerprint density at radius 3 is 2.38 bits per heavy atom. The number of nitrogens with one attached hydrogen (secondary N) is 1. The van der Waals surface area contributed by atoms with E-state index in [9.17, 15) is 22.4 Å². The van der Waals surface area contributed by atoms with Gasteiger partial charge in [-0.3, -0.25) is 9.10 Å². The highest BCUT2D eigenvalue weighted by atomic mass is 35.5. The lowest BCUT2D eigenvalue weighted by Gasteiger charge is -2.25. The zero-order valence-corrected chi connectivity index (χ0v) is 21.7. The van der Waals surface area contributed by atoms with Gasteiger partial charge in [0, 0.05) is 11.8 Å². The number of halogens is 2. The van der Waals surface area contributed by atoms with E-state index in [1.807, 2.05) is 0 Å². The Balaban J connectivity index is 1.97. The van der Waals surface area contributed by atoms with E-state index in [1.165, 1.54) is 56.7 Å². The summed E-state index contributed by atoms with van der Waals surface area (Å²) >= 11 is 5.90. The van der Waals surface area contributed by atoms with Crippen molar-refractivity contribution in [3.8, 4) is 11.5 Å². The summed E-state index contributed by atoms with van der Waals surface area (Å²) in [6.07, 6.45) is 0. The molecule has 12 heteroatoms. The van der Waals surface area contributed by atoms with Crippen molar-refractivity contribution in [1.29, 1.82) is 0 Å². The van der Waals surface area contributed by atoms with Crippen LogP contribution in [0.4, 0.5) is 15.8 Å². The molecule has 196 valence electrons. The van der Waals surface area contributed by atoms with Crippen molar-refractivity contribution in [3.05, 3.63) is 77.1 Å². The highest BCUT2D eigenvalue weighted by Crippen LogP contribution is 2.33. The van der Waals surface area contributed by atoms with E-state index in [-0.39, 0.29) is 39.2 Å². The summed E-state index contributed by atoms with van der Waals surface area (Å²) < 4.78 is 57.2. The molecule has 0 saturated heterocycles. The summed E-state index contributed by atoms with van der Waals surface area (Å²) in [5.74, 6) is -1.60. The number of anilines is 2. The first kappa shape index (κ1) is 27.8. The first-order valence-corrected chi connectivity index (χ1v) is 12.7. The third-order valence-electron chi connectivity index (χ3n) is 5.08. The molecular weight excluding hydrogens is 527 g/mol. The minimum atomic E-state index is -4.38. The molecule has 37 heavy (non-hydrogen) atoms. The second-order valence-corrected chi connectivity index (χ2v) is 9.75. The minimum absolute atomic E-state index is 0.0448. The van der Waals surface area contributed by atoms with Crippen LogP contribution < -0.4 is 19.1 Å². The predicted molar refractivity (Wildman–Crippen MR) is 137 cm³/mol. The van der Waals surface area contributed by atoms with Gasteiger partial charge >= 0.3 is 5.97 Å². The quantitative estimate of drug-likeness (QED) is 0.370. The van der Waals surface area contributed by atoms with Crippen molar-refractivity contribution in [2.75, 3.05) is 37.0 Å². The molecule has 1 N–H and O–H groups in total. The summed E-state index contributed by atoms with van der Waals surface area (Å²) in [6.45, 7) is 1.15. The van der Waals surface area contributed by atoms with E-state index in [0.29, 0.717) is 5.75 Å². The van der Waals surface area contributed by atoms with E-state index >= 15 is 0 Å². The molecule has 0 atom stereocenters. The molecule has 3 aromatic carbocycles. The van der Waals surface area contributed by atoms with Gasteiger partial charge in [0.15, 0.2) is 11.5 Å². The zero-order valence-electron chi connectivity index (χ0n) is 20.2. The fourth-order valence-corrected chi connectivity index (χ4v) is 4.93. The van der Waals surface area contributed by atoms with E-state index in [4.69, 9.17) is 25.8 Å². The Kier molecular flexibility index (Phi) is 8.95. The van der Waals surface area contributed by atoms with Crippen LogP contribution in [-0.4, -0.2) is 47.7 Å². The number of amides is 1. The number of hydrogen-bond donors (Lipinski definition) is 1. The van der Waals surface area contributed by atoms with Crippen LogP contribution >= 0.6 is 11.6 Å². The van der Waals surface area contributed by atoms with Crippen molar-refractivity contribution >= 4 is 44.9 Å². The number of methoxy groups -OCH3 is 2. The van der Waals surface area contributed by atoms with Crippen molar-refractivity contribution in [2.45, 2.75) is 11.8 Å². The molecule has 0 unspecified atom stereocenters. The van der Waals surface area contributed by atoms with Gasteiger partial charge in [-0.25, -0.2) is 17.6 Å². The van der Waals surface area contributed by atoms with E-state index in [1.54, 1.807) is 13.0 Å². The second kappa shape index (κ2) is 11.9. The molecule has 1 amide bonds. The van der Waals surface area contributed by atoms with Crippen LogP contribution in [0.5, 0.6) is 11.5 Å². The van der Waals surface area contributed by atoms with Crippen LogP contribution in [0.15, 0.2) is 65.6 Å². The van der Waals surface area contributed by atoms with E-state index < -0.39 is 34.3 Å². The molecule has 0 radical (unpaired) electrons. The normalized spacial score (nSPS) is 10.9. The number of nitrogens with zero attached hydrogens (tertiary/aromatic N) is 1. The van der Waals surface area contributed by atoms with Crippen molar-refractivity contribution < 1.29 is 36.6 Å². The first-order chi connectivity index (χ1) is 17.6. The van der Waals surface area contributed by atoms with Crippen molar-refractivity contribution in [2.24, 2.45) is 0 Å². The Bertz CT molecular complexity index is 1420. The van der Waals surface area contributed by atoms with Crippen molar-refractivity contribution in [3.63, 3.8) is 0 Å². The van der Waals surface area contributed by atoms with Crippen LogP contribution in [0.1, 0.15) is 17.3 Å². The molecule has 0 aliphatic carbocycles. The Morgan fingerprint density at radius 2 is 1.73 bits per heavy atom. The van der Waals surface area contributed by atoms with Gasteiger partial charge in [-0.1, -0.05) is 17.7 Å². The molecule has 0 aliphatic heterocycles. The van der Waals surface area contributed by atoms with Crippen LogP contribution in [0.2, 0.25) is 5.02 Å². The van der Waals surface area contributed by atoms with E-state index in [2.05, 4.69) is 5.32 Å². The summed E-state index contributed by atoms with van der Waals surface area (Å²) in [4.78, 5) is 24.8. The van der Waals surface area contributed by atoms with Gasteiger partial charge in [-0.05, 0) is 55.5 Å². The molecule has 0 heterocycles. The zero-order chi connectivity index (χ0) is 27.2. The maximum Gasteiger partial charge on any atom is 0.338 e. The number of carbonyl (C=O) groups is 2. The number of rotatable bonds is 10. The maximum absolute atomic E-state index is 13.8. The van der Waals surface area contributed by atoms with Crippen LogP contribution in [0.3, 0.4) is 0 Å². The Hall–Kier alpha value is -3.83. The fraction of sp³-hybridized carbons (Fsp3) is 0.200. The largest absolute Gasteiger partial charge is 0.493 e. The molecular formula is C25H24ClFN2O7S. The van der Waals surface area contributed by atoms with Gasteiger partial charge in [0.1, 0.15) is 12.4 Å². The SMILES string of the molecule is CCOC(=O)c1cccc(NC(=O)CN(c2ccc(F)c(Cl)c2)S(=O)(=O)c2ccc(OC)c(OC)c2)c1. The van der Waals surface area contributed by atoms with Crippen LogP contribution in [0, 0.1) is 5.82 Å². The predicted octanol–water partition coefficient (Wildman–Crippen LogP) is 4.51. The lowest BCUT2D eigenvalue weighted by molar-refractivity contribution is -0.114. The van der Waals surface area contributed by atoms with Gasteiger partial charge in [-0.15, -0.1) is 0 Å². The van der Waals surface area contributed by atoms with Gasteiger partial charge in [0.2, 0.25) is 5.91 Å². The highest BCUT2D eigenvalue weighted by molar-refractivity contribution is 7.92. The summed E-state index contributed by atoms with van der Waals surface area (Å²) in [6, 6.07) is 13.2. The number of benzene rings is 3. The topological polar surface area (TPSA) is 111 Å². The number of hydrogen-bond acceptors (Lipinski definition) is 7. The van der Waals surface area contributed by atoms with Crippen molar-refractivity contribution in [1.82, 2.24) is 0 Å². The average molecular weight is 551 g/mol. The van der Waals surface area contributed by atoms with Gasteiger partial charge in [0.05, 0.1) is 42.0 Å². The van der Waals surface area contributed by atoms with Gasteiger partial charge in [0.25, 0.3) is 10.0 Å². The smallest absolute Gasteiger partial charge is 0.338 e. The monoisotopic (exact) mass is 550 g/mol. The standard InChI is InChI=1S/C25H24ClFN2O7S/c1-4-36-25(31)16-6-5-7-17(12-16)28-24(30)15-29(18-8-10-21(27)20(26)13-18)37(32,33)19-9-11-22(34-2)23(14-19)35-3/h5-14H,4,15H2,1-3H3,(H,28,30). The molecule has 3 rings (SSSR count). The number of esters is 1. The molecule has 9 nitrogen and oxygen atoms in total. The molecule has 0 spiro atoms. The number of carbonyl (C=O) groups excluding carboxylic acids is 2. The Labute approximate surface area is 218 Å².